The molecule has 0 radical (unpaired) electrons. The highest BCUT2D eigenvalue weighted by Crippen LogP contribution is 2.21. The van der Waals surface area contributed by atoms with E-state index < -0.39 is 6.04 Å². The van der Waals surface area contributed by atoms with Gasteiger partial charge in [-0.05, 0) is 27.2 Å². The molecule has 0 fully saturated rings. The average Bonchev–Trinajstić information content (AvgIpc) is 2.48. The Morgan fingerprint density at radius 3 is 2.48 bits per heavy atom. The van der Waals surface area contributed by atoms with Gasteiger partial charge in [0.25, 0.3) is 0 Å². The third-order valence-electron chi connectivity index (χ3n) is 3.04. The van der Waals surface area contributed by atoms with Crippen LogP contribution in [0.5, 0.6) is 0 Å². The van der Waals surface area contributed by atoms with Crippen LogP contribution in [0, 0.1) is 6.92 Å². The Hall–Kier alpha value is -1.85. The zero-order valence-corrected chi connectivity index (χ0v) is 13.6. The second-order valence-corrected chi connectivity index (χ2v) is 4.86. The summed E-state index contributed by atoms with van der Waals surface area (Å²) < 4.78 is 5.01. The van der Waals surface area contributed by atoms with Gasteiger partial charge in [-0.3, -0.25) is 0 Å². The highest BCUT2D eigenvalue weighted by atomic mass is 16.5. The van der Waals surface area contributed by atoms with E-state index >= 15 is 0 Å². The van der Waals surface area contributed by atoms with E-state index in [1.165, 1.54) is 0 Å². The summed E-state index contributed by atoms with van der Waals surface area (Å²) in [6.07, 6.45) is 1.76. The summed E-state index contributed by atoms with van der Waals surface area (Å²) in [5, 5.41) is 6.42. The minimum absolute atomic E-state index is 0.281. The van der Waals surface area contributed by atoms with Crippen LogP contribution in [0.3, 0.4) is 0 Å². The summed E-state index contributed by atoms with van der Waals surface area (Å²) in [6.45, 7) is 10.8. The molecule has 0 aromatic carbocycles. The number of hydrogen-bond donors (Lipinski definition) is 2. The molecule has 1 unspecified atom stereocenters. The molecule has 0 amide bonds. The largest absolute Gasteiger partial charge is 0.464 e. The van der Waals surface area contributed by atoms with E-state index in [4.69, 9.17) is 4.74 Å². The van der Waals surface area contributed by atoms with Gasteiger partial charge in [0.15, 0.2) is 0 Å². The van der Waals surface area contributed by atoms with Gasteiger partial charge >= 0.3 is 5.97 Å². The van der Waals surface area contributed by atoms with Crippen molar-refractivity contribution in [2.45, 2.75) is 53.5 Å². The molecule has 0 aliphatic heterocycles. The third-order valence-corrected chi connectivity index (χ3v) is 3.04. The lowest BCUT2D eigenvalue weighted by Crippen LogP contribution is -2.29. The fourth-order valence-corrected chi connectivity index (χ4v) is 1.81. The smallest absolute Gasteiger partial charge is 0.328 e. The van der Waals surface area contributed by atoms with Gasteiger partial charge in [0.2, 0.25) is 0 Å². The molecule has 21 heavy (non-hydrogen) atoms. The van der Waals surface area contributed by atoms with Crippen molar-refractivity contribution in [3.05, 3.63) is 11.4 Å². The second-order valence-electron chi connectivity index (χ2n) is 4.86. The first-order chi connectivity index (χ1) is 10.0. The molecule has 1 rings (SSSR count). The van der Waals surface area contributed by atoms with Gasteiger partial charge < -0.3 is 15.4 Å². The number of carbonyl (C=O) groups excluding carboxylic acids is 1. The van der Waals surface area contributed by atoms with Crippen molar-refractivity contribution in [1.82, 2.24) is 9.97 Å². The maximum Gasteiger partial charge on any atom is 0.328 e. The van der Waals surface area contributed by atoms with Gasteiger partial charge in [-0.2, -0.15) is 0 Å². The number of aryl methyl sites for hydroxylation is 1. The summed E-state index contributed by atoms with van der Waals surface area (Å²) in [5.41, 5.74) is 0.914. The van der Waals surface area contributed by atoms with Crippen molar-refractivity contribution in [3.63, 3.8) is 0 Å². The Morgan fingerprint density at radius 1 is 1.24 bits per heavy atom. The zero-order chi connectivity index (χ0) is 15.8. The normalized spacial score (nSPS) is 11.9. The predicted octanol–water partition coefficient (Wildman–Crippen LogP) is 2.53. The van der Waals surface area contributed by atoms with Crippen LogP contribution in [0.1, 0.15) is 45.5 Å². The van der Waals surface area contributed by atoms with Gasteiger partial charge in [0.05, 0.1) is 6.61 Å². The van der Waals surface area contributed by atoms with Crippen molar-refractivity contribution in [2.75, 3.05) is 23.8 Å². The van der Waals surface area contributed by atoms with Gasteiger partial charge in [0.1, 0.15) is 23.5 Å². The lowest BCUT2D eigenvalue weighted by atomic mass is 10.2. The molecule has 6 nitrogen and oxygen atoms in total. The quantitative estimate of drug-likeness (QED) is 0.718. The van der Waals surface area contributed by atoms with Crippen molar-refractivity contribution >= 4 is 17.6 Å². The Labute approximate surface area is 126 Å². The Morgan fingerprint density at radius 2 is 1.90 bits per heavy atom. The molecule has 0 aliphatic rings. The van der Waals surface area contributed by atoms with Crippen LogP contribution in [0.25, 0.3) is 0 Å². The van der Waals surface area contributed by atoms with Crippen LogP contribution < -0.4 is 10.6 Å². The van der Waals surface area contributed by atoms with Crippen molar-refractivity contribution in [1.29, 1.82) is 0 Å². The molecular weight excluding hydrogens is 268 g/mol. The SMILES string of the molecule is CCCNc1nc(CC)nc(NC(C)C(=O)OCC)c1C. The predicted molar refractivity (Wildman–Crippen MR) is 84.6 cm³/mol. The highest BCUT2D eigenvalue weighted by molar-refractivity contribution is 5.79. The lowest BCUT2D eigenvalue weighted by molar-refractivity contribution is -0.143. The summed E-state index contributed by atoms with van der Waals surface area (Å²) >= 11 is 0. The number of anilines is 2. The zero-order valence-electron chi connectivity index (χ0n) is 13.6. The lowest BCUT2D eigenvalue weighted by Gasteiger charge is -2.17. The molecule has 1 aromatic rings. The molecule has 118 valence electrons. The van der Waals surface area contributed by atoms with E-state index in [1.54, 1.807) is 13.8 Å². The fraction of sp³-hybridized carbons (Fsp3) is 0.667. The Kier molecular flexibility index (Phi) is 6.91. The van der Waals surface area contributed by atoms with E-state index in [-0.39, 0.29) is 5.97 Å². The number of hydrogen-bond acceptors (Lipinski definition) is 6. The molecule has 0 saturated heterocycles. The number of aromatic nitrogens is 2. The summed E-state index contributed by atoms with van der Waals surface area (Å²) in [6, 6.07) is -0.442. The van der Waals surface area contributed by atoms with Crippen LogP contribution in [0.15, 0.2) is 0 Å². The average molecular weight is 294 g/mol. The fourth-order valence-electron chi connectivity index (χ4n) is 1.81. The number of esters is 1. The maximum absolute atomic E-state index is 11.7. The molecule has 1 atom stereocenters. The highest BCUT2D eigenvalue weighted by Gasteiger charge is 2.17. The molecule has 0 spiro atoms. The van der Waals surface area contributed by atoms with E-state index in [9.17, 15) is 4.79 Å². The molecule has 1 heterocycles. The van der Waals surface area contributed by atoms with E-state index in [1.807, 2.05) is 13.8 Å². The van der Waals surface area contributed by atoms with Crippen LogP contribution in [0.4, 0.5) is 11.6 Å². The maximum atomic E-state index is 11.7. The second kappa shape index (κ2) is 8.44. The molecule has 2 N–H and O–H groups in total. The first-order valence-electron chi connectivity index (χ1n) is 7.57. The summed E-state index contributed by atoms with van der Waals surface area (Å²) in [7, 11) is 0. The number of carbonyl (C=O) groups is 1. The molecule has 0 saturated carbocycles. The van der Waals surface area contributed by atoms with Gasteiger partial charge in [0, 0.05) is 18.5 Å². The number of rotatable bonds is 8. The van der Waals surface area contributed by atoms with Crippen LogP contribution >= 0.6 is 0 Å². The number of ether oxygens (including phenoxy) is 1. The first-order valence-corrected chi connectivity index (χ1v) is 7.57. The molecular formula is C15H26N4O2. The van der Waals surface area contributed by atoms with Crippen molar-refractivity contribution < 1.29 is 9.53 Å². The van der Waals surface area contributed by atoms with Crippen LogP contribution in [-0.2, 0) is 16.0 Å². The topological polar surface area (TPSA) is 76.1 Å². The first kappa shape index (κ1) is 17.2. The van der Waals surface area contributed by atoms with Gasteiger partial charge in [-0.25, -0.2) is 14.8 Å². The van der Waals surface area contributed by atoms with E-state index in [0.717, 1.165) is 36.6 Å². The van der Waals surface area contributed by atoms with Crippen LogP contribution in [-0.4, -0.2) is 35.1 Å². The Balaban J connectivity index is 2.96. The Bertz CT molecular complexity index is 477. The third kappa shape index (κ3) is 4.88. The van der Waals surface area contributed by atoms with Gasteiger partial charge in [-0.1, -0.05) is 13.8 Å². The molecule has 0 aliphatic carbocycles. The summed E-state index contributed by atoms with van der Waals surface area (Å²) in [5.74, 6) is 1.97. The van der Waals surface area contributed by atoms with Crippen molar-refractivity contribution in [3.8, 4) is 0 Å². The van der Waals surface area contributed by atoms with Crippen LogP contribution in [0.2, 0.25) is 0 Å². The minimum atomic E-state index is -0.442. The molecule has 6 heteroatoms. The van der Waals surface area contributed by atoms with Crippen molar-refractivity contribution in [2.24, 2.45) is 0 Å². The molecule has 0 bridgehead atoms. The van der Waals surface area contributed by atoms with E-state index in [2.05, 4.69) is 27.5 Å². The standard InChI is InChI=1S/C15H26N4O2/c1-6-9-16-13-10(4)14(19-12(7-2)18-13)17-11(5)15(20)21-8-3/h11H,6-9H2,1-5H3,(H2,16,17,18,19). The molecule has 1 aromatic heterocycles. The van der Waals surface area contributed by atoms with Gasteiger partial charge in [-0.15, -0.1) is 0 Å². The monoisotopic (exact) mass is 294 g/mol. The number of nitrogens with zero attached hydrogens (tertiary/aromatic N) is 2. The number of nitrogens with one attached hydrogen (secondary N) is 2. The summed E-state index contributed by atoms with van der Waals surface area (Å²) in [4.78, 5) is 20.7. The minimum Gasteiger partial charge on any atom is -0.464 e. The van der Waals surface area contributed by atoms with E-state index in [0.29, 0.717) is 12.4 Å².